The van der Waals surface area contributed by atoms with Crippen LogP contribution in [0.2, 0.25) is 0 Å². The van der Waals surface area contributed by atoms with Crippen molar-refractivity contribution in [2.75, 3.05) is 64.6 Å². The molecule has 22 heteroatoms. The number of carbonyl (C=O) groups is 9. The van der Waals surface area contributed by atoms with Gasteiger partial charge < -0.3 is 56.8 Å². The third-order valence-electron chi connectivity index (χ3n) is 13.8. The molecule has 0 spiro atoms. The Labute approximate surface area is 476 Å². The third-order valence-corrected chi connectivity index (χ3v) is 13.8. The number of unbranched alkanes of at least 4 members (excludes halogenated alkanes) is 5. The second-order valence-electron chi connectivity index (χ2n) is 20.8. The summed E-state index contributed by atoms with van der Waals surface area (Å²) in [6, 6.07) is 20.1. The quantitative estimate of drug-likeness (QED) is 0.0123. The van der Waals surface area contributed by atoms with Gasteiger partial charge in [-0.2, -0.15) is 0 Å². The van der Waals surface area contributed by atoms with Gasteiger partial charge in [0.1, 0.15) is 44.1 Å². The summed E-state index contributed by atoms with van der Waals surface area (Å²) in [6.45, 7) is 4.61. The predicted molar refractivity (Wildman–Crippen MR) is 311 cm³/mol. The summed E-state index contributed by atoms with van der Waals surface area (Å²) in [6.07, 6.45) is 6.78. The summed E-state index contributed by atoms with van der Waals surface area (Å²) in [5.74, 6) is -3.51. The number of carboxylic acid groups (broad SMARTS) is 1. The molecule has 1 aliphatic carbocycles. The van der Waals surface area contributed by atoms with E-state index in [0.717, 1.165) is 39.7 Å². The summed E-state index contributed by atoms with van der Waals surface area (Å²) in [5.41, 5.74) is 9.84. The lowest BCUT2D eigenvalue weighted by atomic mass is 9.89. The van der Waals surface area contributed by atoms with E-state index in [1.165, 1.54) is 18.2 Å². The second-order valence-corrected chi connectivity index (χ2v) is 20.8. The van der Waals surface area contributed by atoms with Crippen molar-refractivity contribution >= 4 is 75.9 Å². The van der Waals surface area contributed by atoms with Crippen molar-refractivity contribution in [3.63, 3.8) is 0 Å². The number of nitrogens with two attached hydrogens (primary N) is 1. The van der Waals surface area contributed by atoms with Gasteiger partial charge in [0.05, 0.1) is 11.6 Å². The molecular formula is C60H75N10O12+. The van der Waals surface area contributed by atoms with Crippen LogP contribution in [0.5, 0.6) is 0 Å². The molecule has 436 valence electrons. The van der Waals surface area contributed by atoms with E-state index in [1.54, 1.807) is 50.2 Å². The van der Waals surface area contributed by atoms with Crippen molar-refractivity contribution in [1.29, 1.82) is 0 Å². The van der Waals surface area contributed by atoms with E-state index >= 15 is 0 Å². The number of benzene rings is 4. The van der Waals surface area contributed by atoms with E-state index < -0.39 is 47.9 Å². The highest BCUT2D eigenvalue weighted by atomic mass is 16.5. The van der Waals surface area contributed by atoms with Crippen LogP contribution in [-0.4, -0.2) is 130 Å². The predicted octanol–water partition coefficient (Wildman–Crippen LogP) is 5.72. The van der Waals surface area contributed by atoms with Crippen LogP contribution in [0.25, 0.3) is 33.4 Å². The first-order valence-electron chi connectivity index (χ1n) is 27.5. The number of carboxylic acids is 1. The van der Waals surface area contributed by atoms with E-state index in [9.17, 15) is 48.3 Å². The number of anilines is 2. The zero-order valence-electron chi connectivity index (χ0n) is 47.4. The highest BCUT2D eigenvalue weighted by Gasteiger charge is 2.30. The van der Waals surface area contributed by atoms with Gasteiger partial charge in [0.2, 0.25) is 23.1 Å². The molecular weight excluding hydrogens is 1050 g/mol. The summed E-state index contributed by atoms with van der Waals surface area (Å²) in [4.78, 5) is 117. The zero-order chi connectivity index (χ0) is 59.5. The molecule has 22 nitrogen and oxygen atoms in total. The van der Waals surface area contributed by atoms with Crippen molar-refractivity contribution in [3.8, 4) is 22.5 Å². The first kappa shape index (κ1) is 62.1. The highest BCUT2D eigenvalue weighted by molar-refractivity contribution is 6.13. The summed E-state index contributed by atoms with van der Waals surface area (Å²) in [5, 5.41) is 28.5. The number of nitrogens with one attached hydrogen (secondary N) is 6. The van der Waals surface area contributed by atoms with Gasteiger partial charge in [0.15, 0.2) is 0 Å². The number of rotatable bonds is 29. The smallest absolute Gasteiger partial charge is 0.407 e. The van der Waals surface area contributed by atoms with Crippen molar-refractivity contribution in [1.82, 2.24) is 36.1 Å². The molecule has 3 aromatic carbocycles. The zero-order valence-corrected chi connectivity index (χ0v) is 47.4. The molecule has 3 aliphatic rings. The Hall–Kier alpha value is -9.08. The van der Waals surface area contributed by atoms with Gasteiger partial charge in [-0.25, -0.2) is 19.0 Å². The fraction of sp³-hybridized carbons (Fsp3) is 0.400. The Morgan fingerprint density at radius 2 is 1.40 bits per heavy atom. The number of carbonyl (C=O) groups excluding carboxylic acids is 8. The number of urea groups is 1. The Balaban J connectivity index is 0.912. The molecule has 9 N–H and O–H groups in total. The lowest BCUT2D eigenvalue weighted by Crippen LogP contribution is -2.54. The number of alkyl carbamates (subject to hydrolysis) is 1. The minimum absolute atomic E-state index is 0.0162. The average molecular weight is 1130 g/mol. The van der Waals surface area contributed by atoms with Gasteiger partial charge in [0, 0.05) is 104 Å². The topological polar surface area (TPSA) is 304 Å². The molecule has 0 bridgehead atoms. The third kappa shape index (κ3) is 17.7. The fourth-order valence-corrected chi connectivity index (χ4v) is 9.22. The van der Waals surface area contributed by atoms with Crippen LogP contribution in [0.4, 0.5) is 21.0 Å². The monoisotopic (exact) mass is 1130 g/mol. The standard InChI is InChI=1S/C60H74N10O12/c1-37(2)54(67-50(71)16-10-9-13-32-70-51(72)27-28-52(70)73)57(76)66-47(15-14-31-63-59(61)79)56(75)65-40-20-17-38(18-21-40)36-81-60(80)64-30-12-8-7-11-29-62-55(74)39-19-24-43(46(33-39)58(77)78)53-44-25-22-41(68(3)4)34-48(44)82-49-35-42(69(5)6)23-26-45(49)53/h17-28,33-35,37,47,54H,7-16,29-32,36H2,1-6H3,(H8-,61,62,63,64,65,66,67,71,74,75,76,77,78,79,80)/p+1/t47-,54-/m0/s1. The molecule has 9 amide bonds. The fourth-order valence-electron chi connectivity index (χ4n) is 9.22. The Bertz CT molecular complexity index is 3200. The van der Waals surface area contributed by atoms with Crippen molar-refractivity contribution in [3.05, 3.63) is 113 Å². The maximum absolute atomic E-state index is 13.6. The number of hydrogen-bond acceptors (Lipinski definition) is 12. The number of ether oxygens (including phenoxy) is 1. The molecule has 0 aromatic heterocycles. The van der Waals surface area contributed by atoms with E-state index in [2.05, 4.69) is 31.9 Å². The highest BCUT2D eigenvalue weighted by Crippen LogP contribution is 2.42. The normalized spacial score (nSPS) is 12.7. The minimum Gasteiger partial charge on any atom is -0.478 e. The number of hydrogen-bond donors (Lipinski definition) is 8. The van der Waals surface area contributed by atoms with Crippen LogP contribution in [-0.2, 0) is 35.3 Å². The van der Waals surface area contributed by atoms with Crippen molar-refractivity contribution in [2.45, 2.75) is 96.7 Å². The van der Waals surface area contributed by atoms with Gasteiger partial charge >= 0.3 is 18.1 Å². The number of amides is 9. The van der Waals surface area contributed by atoms with E-state index in [-0.39, 0.29) is 67.3 Å². The molecule has 0 radical (unpaired) electrons. The minimum atomic E-state index is -1.17. The first-order valence-corrected chi connectivity index (χ1v) is 27.5. The molecule has 0 fully saturated rings. The van der Waals surface area contributed by atoms with Crippen LogP contribution in [0.15, 0.2) is 95.4 Å². The van der Waals surface area contributed by atoms with Crippen molar-refractivity contribution in [2.24, 2.45) is 11.7 Å². The molecule has 0 saturated heterocycles. The Kier molecular flexibility index (Phi) is 22.7. The largest absolute Gasteiger partial charge is 0.478 e. The van der Waals surface area contributed by atoms with Crippen LogP contribution in [0.3, 0.4) is 0 Å². The molecule has 2 heterocycles. The summed E-state index contributed by atoms with van der Waals surface area (Å²) < 4.78 is 13.8. The van der Waals surface area contributed by atoms with E-state index in [1.807, 2.05) is 74.1 Å². The van der Waals surface area contributed by atoms with Crippen LogP contribution >= 0.6 is 0 Å². The summed E-state index contributed by atoms with van der Waals surface area (Å²) >= 11 is 0. The van der Waals surface area contributed by atoms with Crippen molar-refractivity contribution < 1.29 is 57.4 Å². The molecule has 3 aromatic rings. The first-order chi connectivity index (χ1) is 39.2. The second kappa shape index (κ2) is 29.9. The maximum atomic E-state index is 13.6. The SMILES string of the molecule is CC(C)[C@H](NC(=O)CCCCCN1C(=O)C=CC1=O)C(=O)N[C@@H](CCCNC(N)=O)C(=O)Nc1ccc(COC(=O)NCCCCCCNC(=O)c2ccc(-c3c4ccc(=[N+](C)C)cc-4oc4cc(N(C)C)ccc34)c(C(=O)O)c2)cc1. The van der Waals surface area contributed by atoms with E-state index in [0.29, 0.717) is 85.3 Å². The molecule has 0 unspecified atom stereocenters. The van der Waals surface area contributed by atoms with Crippen LogP contribution in [0.1, 0.15) is 104 Å². The number of fused-ring (bicyclic) bond motifs is 2. The Morgan fingerprint density at radius 1 is 0.732 bits per heavy atom. The summed E-state index contributed by atoms with van der Waals surface area (Å²) in [7, 11) is 7.72. The van der Waals surface area contributed by atoms with Gasteiger partial charge in [0.25, 0.3) is 17.7 Å². The van der Waals surface area contributed by atoms with Gasteiger partial charge in [-0.05, 0) is 98.0 Å². The molecule has 82 heavy (non-hydrogen) atoms. The number of aromatic carboxylic acids is 1. The van der Waals surface area contributed by atoms with Crippen LogP contribution in [0, 0.1) is 5.92 Å². The maximum Gasteiger partial charge on any atom is 0.407 e. The van der Waals surface area contributed by atoms with Gasteiger partial charge in [-0.3, -0.25) is 33.7 Å². The average Bonchev–Trinajstić information content (AvgIpc) is 2.06. The van der Waals surface area contributed by atoms with E-state index in [4.69, 9.17) is 14.9 Å². The number of nitrogens with zero attached hydrogens (tertiary/aromatic N) is 3. The number of primary amides is 1. The molecule has 0 saturated carbocycles. The van der Waals surface area contributed by atoms with Gasteiger partial charge in [-0.15, -0.1) is 0 Å². The molecule has 2 atom stereocenters. The van der Waals surface area contributed by atoms with Gasteiger partial charge in [-0.1, -0.05) is 51.3 Å². The molecule has 6 rings (SSSR count). The molecule has 2 aliphatic heterocycles. The number of imide groups is 1. The lowest BCUT2D eigenvalue weighted by molar-refractivity contribution is -0.137. The Morgan fingerprint density at radius 3 is 2.06 bits per heavy atom. The lowest BCUT2D eigenvalue weighted by Gasteiger charge is -2.25. The van der Waals surface area contributed by atoms with Crippen LogP contribution < -0.4 is 52.5 Å².